The lowest BCUT2D eigenvalue weighted by Crippen LogP contribution is -2.62. The summed E-state index contributed by atoms with van der Waals surface area (Å²) in [5, 5.41) is 6.72. The molecule has 1 amide bonds. The molecule has 0 aromatic heterocycles. The molecular formula is C21H32N2O3. The summed E-state index contributed by atoms with van der Waals surface area (Å²) in [6.45, 7) is 10.5. The Morgan fingerprint density at radius 1 is 1.15 bits per heavy atom. The number of Topliss-reactive ketones (excluding diaryl/α,β-unsaturated/α-hetero) is 1. The molecule has 1 aromatic rings. The number of piperidine rings is 1. The number of ether oxygens (including phenoxy) is 1. The molecule has 0 spiro atoms. The van der Waals surface area contributed by atoms with Crippen LogP contribution in [0.4, 0.5) is 0 Å². The highest BCUT2D eigenvalue weighted by Gasteiger charge is 2.38. The van der Waals surface area contributed by atoms with Gasteiger partial charge in [0.2, 0.25) is 5.91 Å². The predicted octanol–water partition coefficient (Wildman–Crippen LogP) is 3.39. The number of nitrogens with one attached hydrogen (secondary N) is 2. The van der Waals surface area contributed by atoms with Crippen molar-refractivity contribution >= 4 is 11.7 Å². The van der Waals surface area contributed by atoms with Crippen LogP contribution in [0.5, 0.6) is 5.75 Å². The number of methoxy groups -OCH3 is 1. The number of hydrogen-bond acceptors (Lipinski definition) is 4. The van der Waals surface area contributed by atoms with Gasteiger partial charge >= 0.3 is 0 Å². The van der Waals surface area contributed by atoms with Gasteiger partial charge < -0.3 is 15.4 Å². The van der Waals surface area contributed by atoms with Crippen molar-refractivity contribution in [1.82, 2.24) is 10.6 Å². The van der Waals surface area contributed by atoms with Crippen LogP contribution in [-0.2, 0) is 4.79 Å². The summed E-state index contributed by atoms with van der Waals surface area (Å²) in [7, 11) is 1.55. The maximum Gasteiger partial charge on any atom is 0.220 e. The molecule has 5 nitrogen and oxygen atoms in total. The topological polar surface area (TPSA) is 67.4 Å². The van der Waals surface area contributed by atoms with Crippen LogP contribution in [0.25, 0.3) is 0 Å². The maximum absolute atomic E-state index is 12.5. The van der Waals surface area contributed by atoms with Gasteiger partial charge in [-0.1, -0.05) is 11.6 Å². The lowest BCUT2D eigenvalue weighted by molar-refractivity contribution is -0.122. The van der Waals surface area contributed by atoms with Crippen LogP contribution in [0.1, 0.15) is 69.3 Å². The minimum atomic E-state index is -0.0662. The average Bonchev–Trinajstić information content (AvgIpc) is 2.49. The second-order valence-electron chi connectivity index (χ2n) is 8.69. The molecule has 144 valence electrons. The molecule has 0 bridgehead atoms. The van der Waals surface area contributed by atoms with Crippen molar-refractivity contribution in [1.29, 1.82) is 0 Å². The van der Waals surface area contributed by atoms with E-state index in [1.165, 1.54) is 0 Å². The number of aryl methyl sites for hydroxylation is 1. The van der Waals surface area contributed by atoms with Gasteiger partial charge in [-0.15, -0.1) is 0 Å². The zero-order valence-electron chi connectivity index (χ0n) is 16.9. The molecule has 1 saturated heterocycles. The molecule has 1 heterocycles. The van der Waals surface area contributed by atoms with E-state index >= 15 is 0 Å². The fourth-order valence-corrected chi connectivity index (χ4v) is 4.13. The van der Waals surface area contributed by atoms with Gasteiger partial charge in [-0.3, -0.25) is 9.59 Å². The molecule has 0 aliphatic carbocycles. The Morgan fingerprint density at radius 3 is 2.35 bits per heavy atom. The summed E-state index contributed by atoms with van der Waals surface area (Å²) >= 11 is 0. The van der Waals surface area contributed by atoms with Crippen LogP contribution in [0.15, 0.2) is 18.2 Å². The van der Waals surface area contributed by atoms with Crippen molar-refractivity contribution in [3.63, 3.8) is 0 Å². The molecule has 1 aliphatic rings. The van der Waals surface area contributed by atoms with E-state index in [2.05, 4.69) is 38.3 Å². The first-order chi connectivity index (χ1) is 12.0. The van der Waals surface area contributed by atoms with E-state index in [1.54, 1.807) is 13.2 Å². The van der Waals surface area contributed by atoms with E-state index < -0.39 is 0 Å². The summed E-state index contributed by atoms with van der Waals surface area (Å²) < 4.78 is 5.27. The Morgan fingerprint density at radius 2 is 1.77 bits per heavy atom. The van der Waals surface area contributed by atoms with Crippen LogP contribution in [-0.4, -0.2) is 35.9 Å². The molecule has 5 heteroatoms. The number of carbonyl (C=O) groups excluding carboxylic acids is 2. The summed E-state index contributed by atoms with van der Waals surface area (Å²) in [6.07, 6.45) is 2.13. The van der Waals surface area contributed by atoms with Crippen LogP contribution in [0, 0.1) is 6.92 Å². The third-order valence-electron chi connectivity index (χ3n) is 4.79. The fraction of sp³-hybridized carbons (Fsp3) is 0.619. The Labute approximate surface area is 156 Å². The summed E-state index contributed by atoms with van der Waals surface area (Å²) in [5.41, 5.74) is 1.50. The Hall–Kier alpha value is -1.88. The standard InChI is InChI=1S/C21H32N2O3/c1-14-7-9-18(26-6)16(11-14)17(24)8-10-19(25)22-15-12-20(2,3)23-21(4,5)13-15/h7,9,11,15,23H,8,10,12-13H2,1-6H3,(H,22,25). The number of carbonyl (C=O) groups is 2. The van der Waals surface area contributed by atoms with E-state index in [0.29, 0.717) is 11.3 Å². The predicted molar refractivity (Wildman–Crippen MR) is 104 cm³/mol. The van der Waals surface area contributed by atoms with Gasteiger partial charge in [-0.2, -0.15) is 0 Å². The zero-order valence-corrected chi connectivity index (χ0v) is 16.9. The number of ketones is 1. The van der Waals surface area contributed by atoms with E-state index in [0.717, 1.165) is 18.4 Å². The van der Waals surface area contributed by atoms with Gasteiger partial charge in [0.1, 0.15) is 5.75 Å². The van der Waals surface area contributed by atoms with Gasteiger partial charge in [-0.05, 0) is 59.6 Å². The van der Waals surface area contributed by atoms with E-state index in [4.69, 9.17) is 4.74 Å². The van der Waals surface area contributed by atoms with Crippen LogP contribution in [0.3, 0.4) is 0 Å². The fourth-order valence-electron chi connectivity index (χ4n) is 4.13. The summed E-state index contributed by atoms with van der Waals surface area (Å²) in [5.74, 6) is 0.429. The molecule has 2 rings (SSSR count). The van der Waals surface area contributed by atoms with Gasteiger partial charge in [0.25, 0.3) is 0 Å². The van der Waals surface area contributed by atoms with Gasteiger partial charge in [-0.25, -0.2) is 0 Å². The normalized spacial score (nSPS) is 19.0. The summed E-state index contributed by atoms with van der Waals surface area (Å²) in [6, 6.07) is 5.64. The average molecular weight is 360 g/mol. The summed E-state index contributed by atoms with van der Waals surface area (Å²) in [4.78, 5) is 24.9. The van der Waals surface area contributed by atoms with Crippen molar-refractivity contribution in [2.45, 2.75) is 77.4 Å². The zero-order chi connectivity index (χ0) is 19.5. The van der Waals surface area contributed by atoms with Crippen LogP contribution < -0.4 is 15.4 Å². The number of amides is 1. The molecule has 0 radical (unpaired) electrons. The van der Waals surface area contributed by atoms with Crippen LogP contribution in [0.2, 0.25) is 0 Å². The van der Waals surface area contributed by atoms with E-state index in [1.807, 2.05) is 19.1 Å². The lowest BCUT2D eigenvalue weighted by Gasteiger charge is -2.46. The second kappa shape index (κ2) is 7.78. The van der Waals surface area contributed by atoms with Crippen molar-refractivity contribution in [3.8, 4) is 5.75 Å². The molecule has 0 saturated carbocycles. The Kier molecular flexibility index (Phi) is 6.12. The number of benzene rings is 1. The van der Waals surface area contributed by atoms with Crippen molar-refractivity contribution < 1.29 is 14.3 Å². The van der Waals surface area contributed by atoms with E-state index in [-0.39, 0.29) is 41.7 Å². The van der Waals surface area contributed by atoms with Gasteiger partial charge in [0.15, 0.2) is 5.78 Å². The first-order valence-electron chi connectivity index (χ1n) is 9.28. The monoisotopic (exact) mass is 360 g/mol. The highest BCUT2D eigenvalue weighted by Crippen LogP contribution is 2.28. The van der Waals surface area contributed by atoms with Crippen molar-refractivity contribution in [2.75, 3.05) is 7.11 Å². The smallest absolute Gasteiger partial charge is 0.220 e. The third kappa shape index (κ3) is 5.56. The number of rotatable bonds is 6. The molecule has 0 atom stereocenters. The van der Waals surface area contributed by atoms with Crippen molar-refractivity contribution in [2.24, 2.45) is 0 Å². The highest BCUT2D eigenvalue weighted by molar-refractivity contribution is 6.00. The lowest BCUT2D eigenvalue weighted by atomic mass is 9.79. The Balaban J connectivity index is 1.93. The van der Waals surface area contributed by atoms with Crippen molar-refractivity contribution in [3.05, 3.63) is 29.3 Å². The largest absolute Gasteiger partial charge is 0.496 e. The Bertz CT molecular complexity index is 664. The molecular weight excluding hydrogens is 328 g/mol. The van der Waals surface area contributed by atoms with E-state index in [9.17, 15) is 9.59 Å². The molecule has 26 heavy (non-hydrogen) atoms. The quantitative estimate of drug-likeness (QED) is 0.763. The molecule has 1 fully saturated rings. The minimum absolute atomic E-state index is 0.0234. The maximum atomic E-state index is 12.5. The highest BCUT2D eigenvalue weighted by atomic mass is 16.5. The molecule has 1 aromatic carbocycles. The SMILES string of the molecule is COc1ccc(C)cc1C(=O)CCC(=O)NC1CC(C)(C)NC(C)(C)C1. The number of hydrogen-bond donors (Lipinski definition) is 2. The molecule has 1 aliphatic heterocycles. The first-order valence-corrected chi connectivity index (χ1v) is 9.28. The molecule has 2 N–H and O–H groups in total. The third-order valence-corrected chi connectivity index (χ3v) is 4.79. The van der Waals surface area contributed by atoms with Gasteiger partial charge in [0, 0.05) is 30.0 Å². The minimum Gasteiger partial charge on any atom is -0.496 e. The first kappa shape index (κ1) is 20.4. The van der Waals surface area contributed by atoms with Gasteiger partial charge in [0.05, 0.1) is 12.7 Å². The van der Waals surface area contributed by atoms with Crippen LogP contribution >= 0.6 is 0 Å². The molecule has 0 unspecified atom stereocenters. The second-order valence-corrected chi connectivity index (χ2v) is 8.69.